The lowest BCUT2D eigenvalue weighted by molar-refractivity contribution is -0.115. The van der Waals surface area contributed by atoms with Gasteiger partial charge in [-0.25, -0.2) is 0 Å². The Morgan fingerprint density at radius 1 is 1.64 bits per heavy atom. The summed E-state index contributed by atoms with van der Waals surface area (Å²) < 4.78 is 0.894. The Morgan fingerprint density at radius 3 is 3.00 bits per heavy atom. The molecule has 0 aromatic heterocycles. The van der Waals surface area contributed by atoms with Gasteiger partial charge in [-0.1, -0.05) is 18.1 Å². The highest BCUT2D eigenvalue weighted by Gasteiger charge is 2.05. The van der Waals surface area contributed by atoms with Gasteiger partial charge in [0.2, 0.25) is 5.91 Å². The molecule has 1 amide bonds. The van der Waals surface area contributed by atoms with E-state index in [0.29, 0.717) is 0 Å². The average Bonchev–Trinajstić information content (AvgIpc) is 2.13. The number of benzene rings is 1. The van der Waals surface area contributed by atoms with Gasteiger partial charge in [-0.2, -0.15) is 0 Å². The first kappa shape index (κ1) is 10.8. The maximum Gasteiger partial charge on any atom is 0.236 e. The summed E-state index contributed by atoms with van der Waals surface area (Å²) >= 11 is 3.39. The lowest BCUT2D eigenvalue weighted by Gasteiger charge is -2.07. The Balaban J connectivity index is 2.83. The number of aryl methyl sites for hydroxylation is 1. The van der Waals surface area contributed by atoms with Gasteiger partial charge in [-0.15, -0.1) is 6.42 Å². The summed E-state index contributed by atoms with van der Waals surface area (Å²) in [6, 6.07) is 5.66. The zero-order valence-corrected chi connectivity index (χ0v) is 9.39. The molecule has 72 valence electrons. The molecule has 0 radical (unpaired) electrons. The molecule has 1 rings (SSSR count). The maximum atomic E-state index is 11.2. The van der Waals surface area contributed by atoms with Crippen molar-refractivity contribution < 1.29 is 4.79 Å². The van der Waals surface area contributed by atoms with Gasteiger partial charge < -0.3 is 5.32 Å². The Bertz CT molecular complexity index is 393. The van der Waals surface area contributed by atoms with Crippen molar-refractivity contribution in [2.24, 2.45) is 0 Å². The molecule has 14 heavy (non-hydrogen) atoms. The number of halogens is 1. The first-order valence-corrected chi connectivity index (χ1v) is 4.93. The minimum Gasteiger partial charge on any atom is -0.324 e. The summed E-state index contributed by atoms with van der Waals surface area (Å²) in [5.74, 6) is 2.13. The van der Waals surface area contributed by atoms with Crippen molar-refractivity contribution in [1.29, 1.82) is 0 Å². The van der Waals surface area contributed by atoms with Crippen LogP contribution in [0.3, 0.4) is 0 Å². The van der Waals surface area contributed by atoms with Crippen LogP contribution in [0.25, 0.3) is 0 Å². The molecule has 0 fully saturated rings. The molecule has 2 nitrogen and oxygen atoms in total. The number of rotatable bonds is 2. The highest BCUT2D eigenvalue weighted by atomic mass is 79.9. The second-order valence-electron chi connectivity index (χ2n) is 2.87. The summed E-state index contributed by atoms with van der Waals surface area (Å²) in [5, 5.41) is 2.72. The third kappa shape index (κ3) is 2.61. The van der Waals surface area contributed by atoms with Gasteiger partial charge in [0.05, 0.1) is 12.1 Å². The minimum absolute atomic E-state index is 0.0976. The van der Waals surface area contributed by atoms with E-state index in [9.17, 15) is 4.79 Å². The average molecular weight is 252 g/mol. The molecule has 0 aliphatic rings. The molecule has 0 unspecified atom stereocenters. The first-order chi connectivity index (χ1) is 6.65. The zero-order valence-electron chi connectivity index (χ0n) is 7.80. The highest BCUT2D eigenvalue weighted by molar-refractivity contribution is 9.10. The fourth-order valence-electron chi connectivity index (χ4n) is 1.03. The van der Waals surface area contributed by atoms with Crippen molar-refractivity contribution in [3.8, 4) is 12.3 Å². The summed E-state index contributed by atoms with van der Waals surface area (Å²) in [4.78, 5) is 11.2. The van der Waals surface area contributed by atoms with Gasteiger partial charge in [0, 0.05) is 4.47 Å². The maximum absolute atomic E-state index is 11.2. The van der Waals surface area contributed by atoms with Crippen LogP contribution in [-0.4, -0.2) is 5.91 Å². The van der Waals surface area contributed by atoms with Crippen LogP contribution in [0.1, 0.15) is 12.0 Å². The van der Waals surface area contributed by atoms with Crippen molar-refractivity contribution in [1.82, 2.24) is 0 Å². The number of hydrogen-bond donors (Lipinski definition) is 1. The van der Waals surface area contributed by atoms with Crippen molar-refractivity contribution in [3.05, 3.63) is 28.2 Å². The predicted octanol–water partition coefficient (Wildman–Crippen LogP) is 2.72. The summed E-state index contributed by atoms with van der Waals surface area (Å²) in [7, 11) is 0. The second-order valence-corrected chi connectivity index (χ2v) is 3.66. The Hall–Kier alpha value is -1.27. The van der Waals surface area contributed by atoms with Gasteiger partial charge in [-0.3, -0.25) is 4.79 Å². The first-order valence-electron chi connectivity index (χ1n) is 4.13. The van der Waals surface area contributed by atoms with E-state index in [-0.39, 0.29) is 12.3 Å². The van der Waals surface area contributed by atoms with Gasteiger partial charge in [0.15, 0.2) is 0 Å². The van der Waals surface area contributed by atoms with E-state index >= 15 is 0 Å². The van der Waals surface area contributed by atoms with E-state index in [2.05, 4.69) is 27.2 Å². The smallest absolute Gasteiger partial charge is 0.236 e. The molecule has 1 N–H and O–H groups in total. The minimum atomic E-state index is -0.168. The third-order valence-electron chi connectivity index (χ3n) is 1.73. The third-order valence-corrected chi connectivity index (χ3v) is 2.78. The van der Waals surface area contributed by atoms with Crippen molar-refractivity contribution >= 4 is 27.5 Å². The van der Waals surface area contributed by atoms with E-state index in [4.69, 9.17) is 6.42 Å². The van der Waals surface area contributed by atoms with Gasteiger partial charge in [0.1, 0.15) is 0 Å². The van der Waals surface area contributed by atoms with Crippen LogP contribution >= 0.6 is 15.9 Å². The van der Waals surface area contributed by atoms with Gasteiger partial charge in [0.25, 0.3) is 0 Å². The predicted molar refractivity (Wildman–Crippen MR) is 61.0 cm³/mol. The Labute approximate surface area is 91.8 Å². The van der Waals surface area contributed by atoms with Crippen LogP contribution in [0.4, 0.5) is 5.69 Å². The Morgan fingerprint density at radius 2 is 2.36 bits per heavy atom. The lowest BCUT2D eigenvalue weighted by Crippen LogP contribution is -2.10. The molecular weight excluding hydrogens is 242 g/mol. The highest BCUT2D eigenvalue weighted by Crippen LogP contribution is 2.25. The van der Waals surface area contributed by atoms with Crippen molar-refractivity contribution in [2.75, 3.05) is 5.32 Å². The fraction of sp³-hybridized carbons (Fsp3) is 0.182. The quantitative estimate of drug-likeness (QED) is 0.805. The van der Waals surface area contributed by atoms with Crippen LogP contribution < -0.4 is 5.32 Å². The van der Waals surface area contributed by atoms with Crippen LogP contribution in [0.15, 0.2) is 22.7 Å². The summed E-state index contributed by atoms with van der Waals surface area (Å²) in [6.45, 7) is 1.96. The molecule has 0 bridgehead atoms. The number of terminal acetylenes is 1. The lowest BCUT2D eigenvalue weighted by atomic mass is 10.2. The molecular formula is C11H10BrNO. The SMILES string of the molecule is C#CCC(=O)Nc1cccc(C)c1Br. The monoisotopic (exact) mass is 251 g/mol. The normalized spacial score (nSPS) is 9.21. The summed E-state index contributed by atoms with van der Waals surface area (Å²) in [5.41, 5.74) is 1.83. The van der Waals surface area contributed by atoms with E-state index in [0.717, 1.165) is 15.7 Å². The van der Waals surface area contributed by atoms with Crippen molar-refractivity contribution in [2.45, 2.75) is 13.3 Å². The standard InChI is InChI=1S/C11H10BrNO/c1-3-5-10(14)13-9-7-4-6-8(2)11(9)12/h1,4,6-7H,5H2,2H3,(H,13,14). The zero-order chi connectivity index (χ0) is 10.6. The van der Waals surface area contributed by atoms with Gasteiger partial charge >= 0.3 is 0 Å². The Kier molecular flexibility index (Phi) is 3.73. The van der Waals surface area contributed by atoms with Crippen LogP contribution in [0.5, 0.6) is 0 Å². The molecule has 3 heteroatoms. The van der Waals surface area contributed by atoms with E-state index in [1.807, 2.05) is 25.1 Å². The molecule has 0 saturated heterocycles. The number of hydrogen-bond acceptors (Lipinski definition) is 1. The van der Waals surface area contributed by atoms with Crippen molar-refractivity contribution in [3.63, 3.8) is 0 Å². The second kappa shape index (κ2) is 4.83. The van der Waals surface area contributed by atoms with Crippen LogP contribution in [-0.2, 0) is 4.79 Å². The molecule has 0 aliphatic heterocycles. The molecule has 0 spiro atoms. The molecule has 0 atom stereocenters. The van der Waals surface area contributed by atoms with Crippen LogP contribution in [0.2, 0.25) is 0 Å². The number of anilines is 1. The number of nitrogens with one attached hydrogen (secondary N) is 1. The molecule has 0 saturated carbocycles. The molecule has 0 aliphatic carbocycles. The number of carbonyl (C=O) groups is 1. The number of carbonyl (C=O) groups excluding carboxylic acids is 1. The fourth-order valence-corrected chi connectivity index (χ4v) is 1.39. The van der Waals surface area contributed by atoms with Crippen LogP contribution in [0, 0.1) is 19.3 Å². The van der Waals surface area contributed by atoms with E-state index < -0.39 is 0 Å². The summed E-state index contributed by atoms with van der Waals surface area (Å²) in [6.07, 6.45) is 5.13. The largest absolute Gasteiger partial charge is 0.324 e. The number of amides is 1. The van der Waals surface area contributed by atoms with E-state index in [1.54, 1.807) is 0 Å². The molecule has 1 aromatic rings. The molecule has 1 aromatic carbocycles. The van der Waals surface area contributed by atoms with E-state index in [1.165, 1.54) is 0 Å². The van der Waals surface area contributed by atoms with Gasteiger partial charge in [-0.05, 0) is 34.5 Å². The topological polar surface area (TPSA) is 29.1 Å². The molecule has 0 heterocycles.